The van der Waals surface area contributed by atoms with Gasteiger partial charge in [0.05, 0.1) is 5.69 Å². The highest BCUT2D eigenvalue weighted by molar-refractivity contribution is 6.02. The molecule has 1 N–H and O–H groups in total. The Kier molecular flexibility index (Phi) is 3.32. The molecule has 1 heteroatoms. The van der Waals surface area contributed by atoms with Crippen molar-refractivity contribution in [2.45, 2.75) is 0 Å². The maximum atomic E-state index is 4.38. The van der Waals surface area contributed by atoms with Crippen LogP contribution in [0.4, 0.5) is 0 Å². The Morgan fingerprint density at radius 1 is 0.696 bits per heavy atom. The van der Waals surface area contributed by atoms with Crippen molar-refractivity contribution in [2.24, 2.45) is 0 Å². The number of H-pyrrole nitrogens is 1. The second-order valence-corrected chi connectivity index (χ2v) is 5.63. The third kappa shape index (κ3) is 2.36. The van der Waals surface area contributed by atoms with E-state index in [9.17, 15) is 0 Å². The maximum absolute atomic E-state index is 4.38. The normalized spacial score (nSPS) is 10.8. The second kappa shape index (κ2) is 5.62. The van der Waals surface area contributed by atoms with E-state index >= 15 is 0 Å². The number of para-hydroxylation sites is 1. The van der Waals surface area contributed by atoms with Gasteiger partial charge in [-0.25, -0.2) is 0 Å². The van der Waals surface area contributed by atoms with Gasteiger partial charge in [0.15, 0.2) is 0 Å². The van der Waals surface area contributed by atoms with Crippen molar-refractivity contribution < 1.29 is 0 Å². The van der Waals surface area contributed by atoms with E-state index in [4.69, 9.17) is 0 Å². The monoisotopic (exact) mass is 295 g/mol. The minimum atomic E-state index is 1.04. The molecule has 1 nitrogen and oxygen atoms in total. The molecule has 0 radical (unpaired) electrons. The molecule has 0 atom stereocenters. The van der Waals surface area contributed by atoms with Crippen LogP contribution in [0, 0.1) is 0 Å². The quantitative estimate of drug-likeness (QED) is 0.484. The van der Waals surface area contributed by atoms with E-state index in [0.717, 1.165) is 22.3 Å². The fourth-order valence-electron chi connectivity index (χ4n) is 3.06. The predicted octanol–water partition coefficient (Wildman–Crippen LogP) is 5.90. The molecule has 0 unspecified atom stereocenters. The van der Waals surface area contributed by atoms with Crippen LogP contribution in [0.3, 0.4) is 0 Å². The van der Waals surface area contributed by atoms with Crippen molar-refractivity contribution in [1.82, 2.24) is 4.98 Å². The zero-order chi connectivity index (χ0) is 15.6. The van der Waals surface area contributed by atoms with Gasteiger partial charge in [-0.05, 0) is 22.8 Å². The zero-order valence-electron chi connectivity index (χ0n) is 12.8. The fourth-order valence-corrected chi connectivity index (χ4v) is 3.06. The molecule has 0 spiro atoms. The SMILES string of the molecule is C=C(c1ccccc1)c1c(-c2ccccc2)[nH]c2ccccc12. The molecule has 0 saturated heterocycles. The lowest BCUT2D eigenvalue weighted by molar-refractivity contribution is 1.44. The number of aromatic amines is 1. The van der Waals surface area contributed by atoms with Crippen LogP contribution < -0.4 is 0 Å². The molecule has 0 saturated carbocycles. The average molecular weight is 295 g/mol. The summed E-state index contributed by atoms with van der Waals surface area (Å²) in [6.07, 6.45) is 0. The van der Waals surface area contributed by atoms with Crippen molar-refractivity contribution in [2.75, 3.05) is 0 Å². The number of nitrogens with one attached hydrogen (secondary N) is 1. The minimum Gasteiger partial charge on any atom is -0.354 e. The lowest BCUT2D eigenvalue weighted by Crippen LogP contribution is -1.88. The number of rotatable bonds is 3. The van der Waals surface area contributed by atoms with Gasteiger partial charge in [-0.3, -0.25) is 0 Å². The first-order valence-corrected chi connectivity index (χ1v) is 7.75. The molecule has 0 aliphatic rings. The van der Waals surface area contributed by atoms with Crippen molar-refractivity contribution in [3.05, 3.63) is 103 Å². The summed E-state index contributed by atoms with van der Waals surface area (Å²) in [6.45, 7) is 4.38. The fraction of sp³-hybridized carbons (Fsp3) is 0. The Morgan fingerprint density at radius 3 is 2.04 bits per heavy atom. The highest BCUT2D eigenvalue weighted by atomic mass is 14.7. The molecule has 0 amide bonds. The summed E-state index contributed by atoms with van der Waals surface area (Å²) in [5.41, 5.74) is 6.81. The van der Waals surface area contributed by atoms with Gasteiger partial charge in [-0.15, -0.1) is 0 Å². The van der Waals surface area contributed by atoms with Crippen molar-refractivity contribution in [1.29, 1.82) is 0 Å². The lowest BCUT2D eigenvalue weighted by Gasteiger charge is -2.09. The van der Waals surface area contributed by atoms with Crippen molar-refractivity contribution in [3.8, 4) is 11.3 Å². The van der Waals surface area contributed by atoms with Gasteiger partial charge in [0.25, 0.3) is 0 Å². The number of aromatic nitrogens is 1. The van der Waals surface area contributed by atoms with E-state index < -0.39 is 0 Å². The van der Waals surface area contributed by atoms with Crippen LogP contribution in [-0.2, 0) is 0 Å². The summed E-state index contributed by atoms with van der Waals surface area (Å²) < 4.78 is 0. The largest absolute Gasteiger partial charge is 0.354 e. The second-order valence-electron chi connectivity index (χ2n) is 5.63. The molecule has 0 aliphatic heterocycles. The molecule has 1 aromatic heterocycles. The molecule has 4 aromatic rings. The molecule has 4 rings (SSSR count). The van der Waals surface area contributed by atoms with Crippen LogP contribution in [0.25, 0.3) is 27.7 Å². The van der Waals surface area contributed by atoms with Crippen LogP contribution in [0.5, 0.6) is 0 Å². The number of hydrogen-bond acceptors (Lipinski definition) is 0. The Bertz CT molecular complexity index is 963. The van der Waals surface area contributed by atoms with Gasteiger partial charge >= 0.3 is 0 Å². The number of benzene rings is 3. The first-order chi connectivity index (χ1) is 11.3. The van der Waals surface area contributed by atoms with Crippen LogP contribution in [0.2, 0.25) is 0 Å². The summed E-state index contributed by atoms with van der Waals surface area (Å²) in [6, 6.07) is 29.2. The molecular formula is C22H17N. The Hall–Kier alpha value is -3.06. The van der Waals surface area contributed by atoms with E-state index in [2.05, 4.69) is 84.4 Å². The van der Waals surface area contributed by atoms with E-state index in [1.165, 1.54) is 16.5 Å². The summed E-state index contributed by atoms with van der Waals surface area (Å²) in [7, 11) is 0. The summed E-state index contributed by atoms with van der Waals surface area (Å²) in [5.74, 6) is 0. The van der Waals surface area contributed by atoms with Crippen molar-refractivity contribution >= 4 is 16.5 Å². The Balaban J connectivity index is 1.99. The number of hydrogen-bond donors (Lipinski definition) is 1. The summed E-state index contributed by atoms with van der Waals surface area (Å²) in [4.78, 5) is 3.57. The molecule has 0 fully saturated rings. The molecule has 110 valence electrons. The van der Waals surface area contributed by atoms with E-state index in [0.29, 0.717) is 0 Å². The first kappa shape index (κ1) is 13.6. The molecule has 0 bridgehead atoms. The third-order valence-electron chi connectivity index (χ3n) is 4.19. The van der Waals surface area contributed by atoms with Gasteiger partial charge in [0, 0.05) is 16.5 Å². The van der Waals surface area contributed by atoms with Crippen LogP contribution in [0.1, 0.15) is 11.1 Å². The highest BCUT2D eigenvalue weighted by Gasteiger charge is 2.16. The molecule has 3 aromatic carbocycles. The lowest BCUT2D eigenvalue weighted by atomic mass is 9.94. The van der Waals surface area contributed by atoms with Crippen LogP contribution in [-0.4, -0.2) is 4.98 Å². The van der Waals surface area contributed by atoms with Gasteiger partial charge in [0.1, 0.15) is 0 Å². The molecule has 1 heterocycles. The van der Waals surface area contributed by atoms with E-state index in [-0.39, 0.29) is 0 Å². The van der Waals surface area contributed by atoms with Gasteiger partial charge in [-0.2, -0.15) is 0 Å². The number of fused-ring (bicyclic) bond motifs is 1. The standard InChI is InChI=1S/C22H17N/c1-16(17-10-4-2-5-11-17)21-19-14-8-9-15-20(19)23-22(21)18-12-6-3-7-13-18/h2-15,23H,1H2. The van der Waals surface area contributed by atoms with E-state index in [1.54, 1.807) is 0 Å². The topological polar surface area (TPSA) is 15.8 Å². The summed E-state index contributed by atoms with van der Waals surface area (Å²) in [5, 5.41) is 1.21. The Morgan fingerprint density at radius 2 is 1.30 bits per heavy atom. The zero-order valence-corrected chi connectivity index (χ0v) is 12.8. The van der Waals surface area contributed by atoms with Crippen LogP contribution in [0.15, 0.2) is 91.5 Å². The van der Waals surface area contributed by atoms with Gasteiger partial charge < -0.3 is 4.98 Å². The minimum absolute atomic E-state index is 1.04. The highest BCUT2D eigenvalue weighted by Crippen LogP contribution is 2.37. The smallest absolute Gasteiger partial charge is 0.0544 e. The molecule has 23 heavy (non-hydrogen) atoms. The average Bonchev–Trinajstić information content (AvgIpc) is 3.02. The summed E-state index contributed by atoms with van der Waals surface area (Å²) >= 11 is 0. The first-order valence-electron chi connectivity index (χ1n) is 7.75. The van der Waals surface area contributed by atoms with Crippen LogP contribution >= 0.6 is 0 Å². The van der Waals surface area contributed by atoms with Gasteiger partial charge in [-0.1, -0.05) is 85.4 Å². The third-order valence-corrected chi connectivity index (χ3v) is 4.19. The predicted molar refractivity (Wildman–Crippen MR) is 98.3 cm³/mol. The molecule has 0 aliphatic carbocycles. The maximum Gasteiger partial charge on any atom is 0.0544 e. The van der Waals surface area contributed by atoms with Gasteiger partial charge in [0.2, 0.25) is 0 Å². The Labute approximate surface area is 135 Å². The van der Waals surface area contributed by atoms with Crippen molar-refractivity contribution in [3.63, 3.8) is 0 Å². The molecular weight excluding hydrogens is 278 g/mol. The van der Waals surface area contributed by atoms with E-state index in [1.807, 2.05) is 12.1 Å².